The largest absolute Gasteiger partial charge is 0.292 e. The summed E-state index contributed by atoms with van der Waals surface area (Å²) in [5.74, 6) is -2.40. The number of aromatic nitrogens is 2. The van der Waals surface area contributed by atoms with E-state index in [1.807, 2.05) is 0 Å². The van der Waals surface area contributed by atoms with E-state index in [2.05, 4.69) is 5.10 Å². The summed E-state index contributed by atoms with van der Waals surface area (Å²) >= 11 is 5.70. The van der Waals surface area contributed by atoms with Crippen molar-refractivity contribution in [2.45, 2.75) is 13.0 Å². The summed E-state index contributed by atoms with van der Waals surface area (Å²) in [6.45, 7) is 1.60. The van der Waals surface area contributed by atoms with E-state index in [9.17, 15) is 13.6 Å². The maximum absolute atomic E-state index is 13.0. The predicted molar refractivity (Wildman–Crippen MR) is 62.6 cm³/mol. The van der Waals surface area contributed by atoms with Gasteiger partial charge in [-0.15, -0.1) is 0 Å². The number of carbonyl (C=O) groups excluding carboxylic acids is 1. The highest BCUT2D eigenvalue weighted by Crippen LogP contribution is 2.17. The number of rotatable bonds is 3. The fraction of sp³-hybridized carbons (Fsp3) is 0.167. The van der Waals surface area contributed by atoms with Gasteiger partial charge in [0.15, 0.2) is 17.4 Å². The van der Waals surface area contributed by atoms with Crippen LogP contribution in [0.25, 0.3) is 0 Å². The van der Waals surface area contributed by atoms with E-state index in [0.717, 1.165) is 12.1 Å². The third-order valence-corrected chi connectivity index (χ3v) is 2.75. The van der Waals surface area contributed by atoms with Gasteiger partial charge in [0.2, 0.25) is 0 Å². The second-order valence-electron chi connectivity index (χ2n) is 3.81. The Balaban J connectivity index is 2.28. The first-order valence-corrected chi connectivity index (χ1v) is 5.56. The maximum Gasteiger partial charge on any atom is 0.187 e. The minimum atomic E-state index is -1.05. The SMILES string of the molecule is CC(C(=O)c1ccc(F)c(F)c1)n1cc(Cl)cn1. The summed E-state index contributed by atoms with van der Waals surface area (Å²) in [7, 11) is 0. The zero-order chi connectivity index (χ0) is 13.3. The van der Waals surface area contributed by atoms with E-state index in [1.54, 1.807) is 6.92 Å². The molecular weight excluding hydrogens is 262 g/mol. The molecule has 0 aliphatic rings. The highest BCUT2D eigenvalue weighted by molar-refractivity contribution is 6.30. The molecule has 1 atom stereocenters. The smallest absolute Gasteiger partial charge is 0.187 e. The van der Waals surface area contributed by atoms with Crippen LogP contribution >= 0.6 is 11.6 Å². The Bertz CT molecular complexity index is 598. The Morgan fingerprint density at radius 3 is 2.67 bits per heavy atom. The molecule has 0 saturated carbocycles. The van der Waals surface area contributed by atoms with Crippen LogP contribution < -0.4 is 0 Å². The first kappa shape index (κ1) is 12.7. The number of Topliss-reactive ketones (excluding diaryl/α,β-unsaturated/α-hetero) is 1. The van der Waals surface area contributed by atoms with E-state index in [0.29, 0.717) is 5.02 Å². The van der Waals surface area contributed by atoms with Crippen LogP contribution in [0.4, 0.5) is 8.78 Å². The number of carbonyl (C=O) groups is 1. The minimum absolute atomic E-state index is 0.0908. The topological polar surface area (TPSA) is 34.9 Å². The van der Waals surface area contributed by atoms with E-state index in [-0.39, 0.29) is 11.3 Å². The van der Waals surface area contributed by atoms with E-state index in [1.165, 1.54) is 23.1 Å². The molecule has 0 amide bonds. The predicted octanol–water partition coefficient (Wildman–Crippen LogP) is 3.26. The molecule has 0 saturated heterocycles. The van der Waals surface area contributed by atoms with Crippen molar-refractivity contribution in [3.8, 4) is 0 Å². The highest BCUT2D eigenvalue weighted by atomic mass is 35.5. The van der Waals surface area contributed by atoms with Crippen LogP contribution in [0.15, 0.2) is 30.6 Å². The van der Waals surface area contributed by atoms with Crippen molar-refractivity contribution in [3.63, 3.8) is 0 Å². The average molecular weight is 271 g/mol. The number of hydrogen-bond acceptors (Lipinski definition) is 2. The van der Waals surface area contributed by atoms with Crippen molar-refractivity contribution in [1.82, 2.24) is 9.78 Å². The Hall–Kier alpha value is -1.75. The molecular formula is C12H9ClF2N2O. The number of ketones is 1. The molecule has 3 nitrogen and oxygen atoms in total. The zero-order valence-corrected chi connectivity index (χ0v) is 10.2. The molecule has 1 aromatic carbocycles. The molecule has 0 bridgehead atoms. The molecule has 0 aliphatic carbocycles. The van der Waals surface area contributed by atoms with Crippen molar-refractivity contribution in [2.75, 3.05) is 0 Å². The summed E-state index contributed by atoms with van der Waals surface area (Å²) in [5.41, 5.74) is 0.0908. The Labute approximate surface area is 107 Å². The molecule has 1 heterocycles. The summed E-state index contributed by atoms with van der Waals surface area (Å²) in [6, 6.07) is 2.40. The van der Waals surface area contributed by atoms with Gasteiger partial charge >= 0.3 is 0 Å². The average Bonchev–Trinajstić information content (AvgIpc) is 2.77. The van der Waals surface area contributed by atoms with Gasteiger partial charge in [-0.25, -0.2) is 8.78 Å². The lowest BCUT2D eigenvalue weighted by Gasteiger charge is -2.11. The number of halogens is 3. The monoisotopic (exact) mass is 270 g/mol. The summed E-state index contributed by atoms with van der Waals surface area (Å²) in [6.07, 6.45) is 2.89. The van der Waals surface area contributed by atoms with Gasteiger partial charge in [-0.2, -0.15) is 5.10 Å². The van der Waals surface area contributed by atoms with Crippen LogP contribution in [0.1, 0.15) is 23.3 Å². The van der Waals surface area contributed by atoms with Crippen molar-refractivity contribution < 1.29 is 13.6 Å². The molecule has 0 aliphatic heterocycles. The summed E-state index contributed by atoms with van der Waals surface area (Å²) in [4.78, 5) is 12.0. The van der Waals surface area contributed by atoms with Crippen molar-refractivity contribution in [2.24, 2.45) is 0 Å². The van der Waals surface area contributed by atoms with Gasteiger partial charge in [0.25, 0.3) is 0 Å². The first-order valence-electron chi connectivity index (χ1n) is 5.18. The molecule has 0 N–H and O–H groups in total. The Morgan fingerprint density at radius 2 is 2.11 bits per heavy atom. The van der Waals surface area contributed by atoms with Gasteiger partial charge in [-0.1, -0.05) is 11.6 Å². The molecule has 0 spiro atoms. The van der Waals surface area contributed by atoms with Gasteiger partial charge in [-0.05, 0) is 25.1 Å². The standard InChI is InChI=1S/C12H9ClF2N2O/c1-7(17-6-9(13)5-16-17)12(18)8-2-3-10(14)11(15)4-8/h2-7H,1H3. The van der Waals surface area contributed by atoms with Crippen LogP contribution in [0.5, 0.6) is 0 Å². The fourth-order valence-electron chi connectivity index (χ4n) is 1.54. The van der Waals surface area contributed by atoms with Crippen LogP contribution in [0.3, 0.4) is 0 Å². The number of nitrogens with zero attached hydrogens (tertiary/aromatic N) is 2. The molecule has 1 unspecified atom stereocenters. The lowest BCUT2D eigenvalue weighted by atomic mass is 10.1. The van der Waals surface area contributed by atoms with Gasteiger partial charge < -0.3 is 0 Å². The summed E-state index contributed by atoms with van der Waals surface area (Å²) in [5, 5.41) is 4.30. The lowest BCUT2D eigenvalue weighted by Crippen LogP contribution is -2.17. The molecule has 94 valence electrons. The summed E-state index contributed by atoms with van der Waals surface area (Å²) < 4.78 is 27.2. The highest BCUT2D eigenvalue weighted by Gasteiger charge is 2.19. The molecule has 6 heteroatoms. The van der Waals surface area contributed by atoms with Crippen molar-refractivity contribution >= 4 is 17.4 Å². The second-order valence-corrected chi connectivity index (χ2v) is 4.24. The zero-order valence-electron chi connectivity index (χ0n) is 9.40. The molecule has 2 aromatic rings. The van der Waals surface area contributed by atoms with E-state index in [4.69, 9.17) is 11.6 Å². The third-order valence-electron chi connectivity index (χ3n) is 2.55. The number of hydrogen-bond donors (Lipinski definition) is 0. The van der Waals surface area contributed by atoms with Gasteiger partial charge in [0.1, 0.15) is 6.04 Å². The van der Waals surface area contributed by atoms with Crippen LogP contribution in [-0.2, 0) is 0 Å². The van der Waals surface area contributed by atoms with E-state index >= 15 is 0 Å². The normalized spacial score (nSPS) is 12.4. The van der Waals surface area contributed by atoms with Crippen LogP contribution in [0.2, 0.25) is 5.02 Å². The molecule has 2 rings (SSSR count). The molecule has 18 heavy (non-hydrogen) atoms. The molecule has 0 radical (unpaired) electrons. The first-order chi connectivity index (χ1) is 8.49. The van der Waals surface area contributed by atoms with Gasteiger partial charge in [0, 0.05) is 11.8 Å². The lowest BCUT2D eigenvalue weighted by molar-refractivity contribution is 0.0927. The maximum atomic E-state index is 13.0. The van der Waals surface area contributed by atoms with Gasteiger partial charge in [0.05, 0.1) is 11.2 Å². The van der Waals surface area contributed by atoms with Crippen molar-refractivity contribution in [3.05, 3.63) is 52.8 Å². The van der Waals surface area contributed by atoms with Crippen molar-refractivity contribution in [1.29, 1.82) is 0 Å². The van der Waals surface area contributed by atoms with Gasteiger partial charge in [-0.3, -0.25) is 9.48 Å². The van der Waals surface area contributed by atoms with Crippen LogP contribution in [0, 0.1) is 11.6 Å². The Kier molecular flexibility index (Phi) is 3.43. The third kappa shape index (κ3) is 2.41. The Morgan fingerprint density at radius 1 is 1.39 bits per heavy atom. The molecule has 1 aromatic heterocycles. The second kappa shape index (κ2) is 4.86. The quantitative estimate of drug-likeness (QED) is 0.803. The minimum Gasteiger partial charge on any atom is -0.292 e. The number of benzene rings is 1. The van der Waals surface area contributed by atoms with Crippen LogP contribution in [-0.4, -0.2) is 15.6 Å². The molecule has 0 fully saturated rings. The van der Waals surface area contributed by atoms with E-state index < -0.39 is 17.7 Å². The fourth-order valence-corrected chi connectivity index (χ4v) is 1.68.